The molecule has 0 amide bonds. The Hall–Kier alpha value is -1.99. The van der Waals surface area contributed by atoms with Crippen LogP contribution in [0.2, 0.25) is 0 Å². The molecule has 1 unspecified atom stereocenters. The molecule has 3 rings (SSSR count). The lowest BCUT2D eigenvalue weighted by Crippen LogP contribution is -2.31. The van der Waals surface area contributed by atoms with Crippen molar-refractivity contribution in [3.63, 3.8) is 0 Å². The first-order valence-electron chi connectivity index (χ1n) is 7.90. The van der Waals surface area contributed by atoms with E-state index in [1.165, 1.54) is 4.31 Å². The molecule has 1 aromatic heterocycles. The minimum Gasteiger partial charge on any atom is -0.472 e. The summed E-state index contributed by atoms with van der Waals surface area (Å²) in [5.41, 5.74) is 2.86. The standard InChI is InChI=1S/C17H21N3O3S/c1-12-4-6-16(10-13(12)2)24(21,22)20-9-8-15(11-20)23-17-7-5-14(3)18-19-17/h4-7,10,15H,8-9,11H2,1-3H3. The first-order chi connectivity index (χ1) is 11.4. The summed E-state index contributed by atoms with van der Waals surface area (Å²) < 4.78 is 32.8. The maximum Gasteiger partial charge on any atom is 0.243 e. The summed E-state index contributed by atoms with van der Waals surface area (Å²) in [5.74, 6) is 0.427. The summed E-state index contributed by atoms with van der Waals surface area (Å²) in [4.78, 5) is 0.335. The fraction of sp³-hybridized carbons (Fsp3) is 0.412. The summed E-state index contributed by atoms with van der Waals surface area (Å²) in [6, 6.07) is 8.81. The summed E-state index contributed by atoms with van der Waals surface area (Å²) in [5, 5.41) is 7.92. The number of hydrogen-bond donors (Lipinski definition) is 0. The molecule has 1 aliphatic rings. The van der Waals surface area contributed by atoms with Gasteiger partial charge in [-0.15, -0.1) is 5.10 Å². The number of rotatable bonds is 4. The molecule has 2 aromatic rings. The fourth-order valence-corrected chi connectivity index (χ4v) is 4.23. The molecule has 2 heterocycles. The summed E-state index contributed by atoms with van der Waals surface area (Å²) in [6.07, 6.45) is 0.433. The third kappa shape index (κ3) is 3.42. The molecule has 0 radical (unpaired) electrons. The summed E-state index contributed by atoms with van der Waals surface area (Å²) in [6.45, 7) is 6.50. The highest BCUT2D eigenvalue weighted by Crippen LogP contribution is 2.24. The van der Waals surface area contributed by atoms with E-state index in [0.717, 1.165) is 16.8 Å². The second-order valence-corrected chi connectivity index (χ2v) is 8.09. The second kappa shape index (κ2) is 6.49. The van der Waals surface area contributed by atoms with Crippen molar-refractivity contribution in [3.05, 3.63) is 47.2 Å². The van der Waals surface area contributed by atoms with Crippen LogP contribution in [-0.2, 0) is 10.0 Å². The van der Waals surface area contributed by atoms with Gasteiger partial charge in [0.1, 0.15) is 6.10 Å². The third-order valence-electron chi connectivity index (χ3n) is 4.28. The molecule has 1 fully saturated rings. The maximum absolute atomic E-state index is 12.8. The molecule has 1 aliphatic heterocycles. The monoisotopic (exact) mass is 347 g/mol. The van der Waals surface area contributed by atoms with Crippen molar-refractivity contribution in [2.75, 3.05) is 13.1 Å². The highest BCUT2D eigenvalue weighted by molar-refractivity contribution is 7.89. The van der Waals surface area contributed by atoms with Crippen LogP contribution < -0.4 is 4.74 Å². The molecule has 7 heteroatoms. The third-order valence-corrected chi connectivity index (χ3v) is 6.15. The minimum absolute atomic E-state index is 0.205. The lowest BCUT2D eigenvalue weighted by molar-refractivity contribution is 0.204. The van der Waals surface area contributed by atoms with Crippen molar-refractivity contribution in [2.45, 2.75) is 38.2 Å². The summed E-state index contributed by atoms with van der Waals surface area (Å²) in [7, 11) is -3.49. The van der Waals surface area contributed by atoms with E-state index in [1.54, 1.807) is 18.2 Å². The smallest absolute Gasteiger partial charge is 0.243 e. The van der Waals surface area contributed by atoms with Gasteiger partial charge in [-0.3, -0.25) is 0 Å². The first kappa shape index (κ1) is 16.9. The predicted octanol–water partition coefficient (Wildman–Crippen LogP) is 2.24. The van der Waals surface area contributed by atoms with Crippen molar-refractivity contribution in [1.29, 1.82) is 0 Å². The molecule has 128 valence electrons. The molecule has 0 bridgehead atoms. The normalized spacial score (nSPS) is 18.7. The van der Waals surface area contributed by atoms with Gasteiger partial charge < -0.3 is 4.74 Å². The topological polar surface area (TPSA) is 72.4 Å². The van der Waals surface area contributed by atoms with E-state index in [4.69, 9.17) is 4.74 Å². The van der Waals surface area contributed by atoms with Gasteiger partial charge >= 0.3 is 0 Å². The van der Waals surface area contributed by atoms with E-state index in [2.05, 4.69) is 10.2 Å². The predicted molar refractivity (Wildman–Crippen MR) is 90.5 cm³/mol. The van der Waals surface area contributed by atoms with E-state index < -0.39 is 10.0 Å². The van der Waals surface area contributed by atoms with Gasteiger partial charge in [-0.2, -0.15) is 9.40 Å². The number of nitrogens with zero attached hydrogens (tertiary/aromatic N) is 3. The van der Waals surface area contributed by atoms with Crippen molar-refractivity contribution >= 4 is 10.0 Å². The van der Waals surface area contributed by atoms with E-state index in [9.17, 15) is 8.42 Å². The Morgan fingerprint density at radius 1 is 1.08 bits per heavy atom. The first-order valence-corrected chi connectivity index (χ1v) is 9.34. The second-order valence-electron chi connectivity index (χ2n) is 6.15. The molecule has 1 atom stereocenters. The van der Waals surface area contributed by atoms with Gasteiger partial charge in [-0.05, 0) is 56.5 Å². The van der Waals surface area contributed by atoms with Crippen LogP contribution in [0, 0.1) is 20.8 Å². The van der Waals surface area contributed by atoms with Crippen LogP contribution in [-0.4, -0.2) is 42.1 Å². The van der Waals surface area contributed by atoms with Crippen LogP contribution in [0.25, 0.3) is 0 Å². The van der Waals surface area contributed by atoms with Crippen LogP contribution in [0.15, 0.2) is 35.2 Å². The van der Waals surface area contributed by atoms with Crippen molar-refractivity contribution < 1.29 is 13.2 Å². The molecule has 0 saturated carbocycles. The zero-order valence-electron chi connectivity index (χ0n) is 14.1. The number of benzene rings is 1. The highest BCUT2D eigenvalue weighted by Gasteiger charge is 2.34. The lowest BCUT2D eigenvalue weighted by atomic mass is 10.1. The van der Waals surface area contributed by atoms with E-state index in [0.29, 0.717) is 30.3 Å². The number of hydrogen-bond acceptors (Lipinski definition) is 5. The fourth-order valence-electron chi connectivity index (χ4n) is 2.66. The Morgan fingerprint density at radius 3 is 2.54 bits per heavy atom. The number of sulfonamides is 1. The number of aryl methyl sites for hydroxylation is 3. The highest BCUT2D eigenvalue weighted by atomic mass is 32.2. The largest absolute Gasteiger partial charge is 0.472 e. The van der Waals surface area contributed by atoms with Gasteiger partial charge in [0.15, 0.2) is 0 Å². The number of aromatic nitrogens is 2. The Kier molecular flexibility index (Phi) is 4.56. The van der Waals surface area contributed by atoms with Crippen LogP contribution in [0.3, 0.4) is 0 Å². The average Bonchev–Trinajstić information content (AvgIpc) is 3.01. The lowest BCUT2D eigenvalue weighted by Gasteiger charge is -2.17. The van der Waals surface area contributed by atoms with Crippen molar-refractivity contribution in [2.24, 2.45) is 0 Å². The average molecular weight is 347 g/mol. The van der Waals surface area contributed by atoms with Gasteiger partial charge in [0.2, 0.25) is 15.9 Å². The van der Waals surface area contributed by atoms with Gasteiger partial charge in [0.05, 0.1) is 17.1 Å². The zero-order valence-corrected chi connectivity index (χ0v) is 14.9. The molecule has 0 spiro atoms. The minimum atomic E-state index is -3.49. The van der Waals surface area contributed by atoms with E-state index >= 15 is 0 Å². The number of ether oxygens (including phenoxy) is 1. The maximum atomic E-state index is 12.8. The Balaban J connectivity index is 1.72. The molecule has 6 nitrogen and oxygen atoms in total. The van der Waals surface area contributed by atoms with Crippen molar-refractivity contribution in [1.82, 2.24) is 14.5 Å². The zero-order chi connectivity index (χ0) is 17.3. The quantitative estimate of drug-likeness (QED) is 0.848. The SMILES string of the molecule is Cc1ccc(OC2CCN(S(=O)(=O)c3ccc(C)c(C)c3)C2)nn1. The molecule has 24 heavy (non-hydrogen) atoms. The van der Waals surface area contributed by atoms with Crippen LogP contribution in [0.4, 0.5) is 0 Å². The molecule has 1 saturated heterocycles. The van der Waals surface area contributed by atoms with Gasteiger partial charge in [0, 0.05) is 12.6 Å². The molecule has 0 aliphatic carbocycles. The van der Waals surface area contributed by atoms with Gasteiger partial charge in [0.25, 0.3) is 0 Å². The molecular weight excluding hydrogens is 326 g/mol. The van der Waals surface area contributed by atoms with E-state index in [-0.39, 0.29) is 6.10 Å². The Labute approximate surface area is 142 Å². The van der Waals surface area contributed by atoms with Crippen LogP contribution in [0.5, 0.6) is 5.88 Å². The Bertz CT molecular complexity index is 835. The van der Waals surface area contributed by atoms with Crippen LogP contribution >= 0.6 is 0 Å². The Morgan fingerprint density at radius 2 is 1.88 bits per heavy atom. The van der Waals surface area contributed by atoms with E-state index in [1.807, 2.05) is 32.9 Å². The van der Waals surface area contributed by atoms with Gasteiger partial charge in [-0.1, -0.05) is 6.07 Å². The molecule has 1 aromatic carbocycles. The van der Waals surface area contributed by atoms with Crippen molar-refractivity contribution in [3.8, 4) is 5.88 Å². The molecular formula is C17H21N3O3S. The van der Waals surface area contributed by atoms with Crippen LogP contribution in [0.1, 0.15) is 23.2 Å². The molecule has 0 N–H and O–H groups in total. The summed E-state index contributed by atoms with van der Waals surface area (Å²) >= 11 is 0. The van der Waals surface area contributed by atoms with Gasteiger partial charge in [-0.25, -0.2) is 8.42 Å².